The van der Waals surface area contributed by atoms with Gasteiger partial charge in [0.15, 0.2) is 5.78 Å². The number of carbonyl (C=O) groups excluding carboxylic acids is 2. The maximum atomic E-state index is 11.9. The number of cyclic esters (lactones) is 1. The zero-order valence-corrected chi connectivity index (χ0v) is 9.47. The SMILES string of the molecule is CC1(C)C[C@@H](C(=O)c2cccs2)C(=O)O1. The summed E-state index contributed by atoms with van der Waals surface area (Å²) >= 11 is 1.36. The number of hydrogen-bond acceptors (Lipinski definition) is 4. The van der Waals surface area contributed by atoms with E-state index in [-0.39, 0.29) is 5.78 Å². The van der Waals surface area contributed by atoms with Crippen molar-refractivity contribution >= 4 is 23.1 Å². The average Bonchev–Trinajstić information content (AvgIpc) is 2.71. The highest BCUT2D eigenvalue weighted by Crippen LogP contribution is 2.33. The molecule has 0 N–H and O–H groups in total. The second-order valence-corrected chi connectivity index (χ2v) is 5.23. The van der Waals surface area contributed by atoms with Crippen molar-refractivity contribution in [2.45, 2.75) is 25.9 Å². The molecule has 0 radical (unpaired) electrons. The lowest BCUT2D eigenvalue weighted by Gasteiger charge is -2.14. The molecule has 0 aromatic carbocycles. The van der Waals surface area contributed by atoms with E-state index in [1.165, 1.54) is 11.3 Å². The van der Waals surface area contributed by atoms with Gasteiger partial charge in [0.1, 0.15) is 11.5 Å². The first-order chi connectivity index (χ1) is 6.99. The first kappa shape index (κ1) is 10.4. The Labute approximate surface area is 92.1 Å². The van der Waals surface area contributed by atoms with Crippen LogP contribution in [-0.2, 0) is 9.53 Å². The molecule has 1 fully saturated rings. The van der Waals surface area contributed by atoms with Crippen LogP contribution in [0.15, 0.2) is 17.5 Å². The molecule has 0 amide bonds. The zero-order chi connectivity index (χ0) is 11.1. The molecule has 1 aromatic rings. The highest BCUT2D eigenvalue weighted by Gasteiger charge is 2.44. The molecule has 0 unspecified atom stereocenters. The second kappa shape index (κ2) is 3.45. The maximum Gasteiger partial charge on any atom is 0.317 e. The van der Waals surface area contributed by atoms with Gasteiger partial charge in [-0.3, -0.25) is 9.59 Å². The van der Waals surface area contributed by atoms with Crippen molar-refractivity contribution < 1.29 is 14.3 Å². The third-order valence-corrected chi connectivity index (χ3v) is 3.32. The lowest BCUT2D eigenvalue weighted by Crippen LogP contribution is -2.19. The fourth-order valence-electron chi connectivity index (χ4n) is 1.75. The molecule has 2 rings (SSSR count). The van der Waals surface area contributed by atoms with Crippen molar-refractivity contribution in [3.05, 3.63) is 22.4 Å². The van der Waals surface area contributed by atoms with E-state index < -0.39 is 17.5 Å². The molecule has 0 spiro atoms. The standard InChI is InChI=1S/C11H12O3S/c1-11(2)6-7(10(13)14-11)9(12)8-4-3-5-15-8/h3-5,7H,6H2,1-2H3/t7-/m0/s1. The Morgan fingerprint density at radius 3 is 2.80 bits per heavy atom. The first-order valence-electron chi connectivity index (χ1n) is 4.80. The van der Waals surface area contributed by atoms with Crippen LogP contribution >= 0.6 is 11.3 Å². The van der Waals surface area contributed by atoms with Crippen molar-refractivity contribution in [1.29, 1.82) is 0 Å². The smallest absolute Gasteiger partial charge is 0.317 e. The Morgan fingerprint density at radius 2 is 2.33 bits per heavy atom. The van der Waals surface area contributed by atoms with Crippen LogP contribution in [0.3, 0.4) is 0 Å². The maximum absolute atomic E-state index is 11.9. The van der Waals surface area contributed by atoms with Gasteiger partial charge in [-0.05, 0) is 25.3 Å². The molecule has 0 bridgehead atoms. The minimum atomic E-state index is -0.612. The summed E-state index contributed by atoms with van der Waals surface area (Å²) in [5, 5.41) is 1.83. The van der Waals surface area contributed by atoms with E-state index in [0.717, 1.165) is 0 Å². The van der Waals surface area contributed by atoms with Gasteiger partial charge in [0.05, 0.1) is 4.88 Å². The number of thiophene rings is 1. The molecule has 1 aliphatic rings. The van der Waals surface area contributed by atoms with Gasteiger partial charge in [-0.2, -0.15) is 0 Å². The quantitative estimate of drug-likeness (QED) is 0.439. The Kier molecular flexibility index (Phi) is 2.38. The van der Waals surface area contributed by atoms with Crippen molar-refractivity contribution in [3.8, 4) is 0 Å². The third-order valence-electron chi connectivity index (χ3n) is 2.44. The second-order valence-electron chi connectivity index (χ2n) is 4.28. The molecular weight excluding hydrogens is 212 g/mol. The van der Waals surface area contributed by atoms with Gasteiger partial charge in [-0.15, -0.1) is 11.3 Å². The number of hydrogen-bond donors (Lipinski definition) is 0. The highest BCUT2D eigenvalue weighted by molar-refractivity contribution is 7.12. The van der Waals surface area contributed by atoms with Gasteiger partial charge in [-0.25, -0.2) is 0 Å². The van der Waals surface area contributed by atoms with Crippen LogP contribution in [0.5, 0.6) is 0 Å². The van der Waals surface area contributed by atoms with Crippen molar-refractivity contribution in [3.63, 3.8) is 0 Å². The Morgan fingerprint density at radius 1 is 1.60 bits per heavy atom. The predicted molar refractivity (Wildman–Crippen MR) is 56.9 cm³/mol. The van der Waals surface area contributed by atoms with Crippen molar-refractivity contribution in [2.75, 3.05) is 0 Å². The minimum Gasteiger partial charge on any atom is -0.459 e. The molecule has 80 valence electrons. The van der Waals surface area contributed by atoms with Crippen LogP contribution in [0.25, 0.3) is 0 Å². The minimum absolute atomic E-state index is 0.111. The van der Waals surface area contributed by atoms with Gasteiger partial charge in [0.2, 0.25) is 0 Å². The molecule has 15 heavy (non-hydrogen) atoms. The first-order valence-corrected chi connectivity index (χ1v) is 5.68. The van der Waals surface area contributed by atoms with Crippen LogP contribution in [0.1, 0.15) is 29.9 Å². The molecule has 1 atom stereocenters. The van der Waals surface area contributed by atoms with Crippen molar-refractivity contribution in [1.82, 2.24) is 0 Å². The van der Waals surface area contributed by atoms with Crippen LogP contribution in [-0.4, -0.2) is 17.4 Å². The van der Waals surface area contributed by atoms with Crippen LogP contribution < -0.4 is 0 Å². The summed E-state index contributed by atoms with van der Waals surface area (Å²) in [7, 11) is 0. The summed E-state index contributed by atoms with van der Waals surface area (Å²) in [5.41, 5.74) is -0.505. The number of ether oxygens (including phenoxy) is 1. The van der Waals surface area contributed by atoms with Gasteiger partial charge in [0, 0.05) is 6.42 Å². The fraction of sp³-hybridized carbons (Fsp3) is 0.455. The normalized spacial score (nSPS) is 23.9. The number of esters is 1. The summed E-state index contributed by atoms with van der Waals surface area (Å²) in [5.74, 6) is -1.11. The summed E-state index contributed by atoms with van der Waals surface area (Å²) < 4.78 is 5.13. The molecule has 1 aliphatic heterocycles. The predicted octanol–water partition coefficient (Wildman–Crippen LogP) is 2.27. The number of rotatable bonds is 2. The van der Waals surface area contributed by atoms with Gasteiger partial charge in [0.25, 0.3) is 0 Å². The van der Waals surface area contributed by atoms with Crippen LogP contribution in [0.2, 0.25) is 0 Å². The number of carbonyl (C=O) groups is 2. The molecule has 2 heterocycles. The van der Waals surface area contributed by atoms with E-state index >= 15 is 0 Å². The van der Waals surface area contributed by atoms with Gasteiger partial charge >= 0.3 is 5.97 Å². The Bertz CT molecular complexity index is 392. The summed E-state index contributed by atoms with van der Waals surface area (Å²) in [6.45, 7) is 3.65. The Balaban J connectivity index is 2.20. The highest BCUT2D eigenvalue weighted by atomic mass is 32.1. The third kappa shape index (κ3) is 1.95. The topological polar surface area (TPSA) is 43.4 Å². The molecule has 3 nitrogen and oxygen atoms in total. The van der Waals surface area contributed by atoms with E-state index in [4.69, 9.17) is 4.74 Å². The van der Waals surface area contributed by atoms with E-state index in [2.05, 4.69) is 0 Å². The number of Topliss-reactive ketones (excluding diaryl/α,β-unsaturated/α-hetero) is 1. The Hall–Kier alpha value is -1.16. The van der Waals surface area contributed by atoms with E-state index in [1.54, 1.807) is 6.07 Å². The lowest BCUT2D eigenvalue weighted by atomic mass is 9.93. The summed E-state index contributed by atoms with van der Waals surface area (Å²) in [6, 6.07) is 3.55. The van der Waals surface area contributed by atoms with Gasteiger partial charge in [-0.1, -0.05) is 6.07 Å². The fourth-order valence-corrected chi connectivity index (χ4v) is 2.47. The van der Waals surface area contributed by atoms with E-state index in [1.807, 2.05) is 25.3 Å². The van der Waals surface area contributed by atoms with Crippen molar-refractivity contribution in [2.24, 2.45) is 5.92 Å². The molecular formula is C11H12O3S. The van der Waals surface area contributed by atoms with E-state index in [0.29, 0.717) is 11.3 Å². The average molecular weight is 224 g/mol. The van der Waals surface area contributed by atoms with E-state index in [9.17, 15) is 9.59 Å². The molecule has 1 aromatic heterocycles. The molecule has 0 aliphatic carbocycles. The van der Waals surface area contributed by atoms with Crippen LogP contribution in [0.4, 0.5) is 0 Å². The molecule has 4 heteroatoms. The monoisotopic (exact) mass is 224 g/mol. The summed E-state index contributed by atoms with van der Waals surface area (Å²) in [4.78, 5) is 24.0. The van der Waals surface area contributed by atoms with Crippen LogP contribution in [0, 0.1) is 5.92 Å². The largest absolute Gasteiger partial charge is 0.459 e. The lowest BCUT2D eigenvalue weighted by molar-refractivity contribution is -0.147. The summed E-state index contributed by atoms with van der Waals surface area (Å²) in [6.07, 6.45) is 0.475. The molecule has 0 saturated carbocycles. The zero-order valence-electron chi connectivity index (χ0n) is 8.65. The van der Waals surface area contributed by atoms with Gasteiger partial charge < -0.3 is 4.74 Å². The molecule has 1 saturated heterocycles. The number of ketones is 1.